The lowest BCUT2D eigenvalue weighted by Crippen LogP contribution is -2.21. The van der Waals surface area contributed by atoms with E-state index in [0.29, 0.717) is 25.7 Å². The van der Waals surface area contributed by atoms with Crippen LogP contribution in [0.15, 0.2) is 149 Å². The zero-order chi connectivity index (χ0) is 46.4. The van der Waals surface area contributed by atoms with Crippen molar-refractivity contribution < 1.29 is 10.2 Å². The van der Waals surface area contributed by atoms with Crippen LogP contribution in [0, 0.1) is 27.7 Å². The molecule has 0 spiro atoms. The van der Waals surface area contributed by atoms with Crippen molar-refractivity contribution in [1.82, 2.24) is 0 Å². The first-order valence-corrected chi connectivity index (χ1v) is 25.6. The van der Waals surface area contributed by atoms with Gasteiger partial charge in [0.25, 0.3) is 0 Å². The second-order valence-corrected chi connectivity index (χ2v) is 21.8. The van der Waals surface area contributed by atoms with Gasteiger partial charge < -0.3 is 10.2 Å². The minimum Gasteiger partial charge on any atom is -0.499 e. The van der Waals surface area contributed by atoms with Gasteiger partial charge in [0.15, 0.2) is 21.0 Å². The molecule has 0 aliphatic carbocycles. The fraction of sp³-hybridized carbons (Fsp3) is 0.0877. The maximum Gasteiger partial charge on any atom is 0.196 e. The molecule has 0 bridgehead atoms. The van der Waals surface area contributed by atoms with E-state index >= 15 is 9.59 Å². The summed E-state index contributed by atoms with van der Waals surface area (Å²) in [6, 6.07) is 46.1. The first kappa shape index (κ1) is 43.5. The van der Waals surface area contributed by atoms with Crippen molar-refractivity contribution in [3.8, 4) is 53.3 Å². The van der Waals surface area contributed by atoms with Crippen LogP contribution in [0.4, 0.5) is 0 Å². The smallest absolute Gasteiger partial charge is 0.196 e. The van der Waals surface area contributed by atoms with Gasteiger partial charge in [-0.2, -0.15) is 0 Å². The van der Waals surface area contributed by atoms with Crippen molar-refractivity contribution in [2.45, 2.75) is 33.6 Å². The summed E-state index contributed by atoms with van der Waals surface area (Å²) in [7, 11) is 0. The molecule has 0 atom stereocenters. The topological polar surface area (TPSA) is 74.6 Å². The molecule has 0 fully saturated rings. The van der Waals surface area contributed by atoms with Crippen molar-refractivity contribution in [3.05, 3.63) is 209 Å². The summed E-state index contributed by atoms with van der Waals surface area (Å²) in [6.07, 6.45) is 0. The summed E-state index contributed by atoms with van der Waals surface area (Å²) in [6.45, 7) is 8.11. The van der Waals surface area contributed by atoms with Gasteiger partial charge in [-0.15, -0.1) is 22.7 Å². The van der Waals surface area contributed by atoms with E-state index < -0.39 is 16.8 Å². The summed E-state index contributed by atoms with van der Waals surface area (Å²) in [5, 5.41) is 27.2. The van der Waals surface area contributed by atoms with E-state index in [1.165, 1.54) is 0 Å². The second kappa shape index (κ2) is 16.9. The molecule has 2 N–H and O–H groups in total. The van der Waals surface area contributed by atoms with Crippen molar-refractivity contribution in [3.63, 3.8) is 0 Å². The summed E-state index contributed by atoms with van der Waals surface area (Å²) in [4.78, 5) is 33.2. The highest BCUT2D eigenvalue weighted by atomic mass is 35.5. The van der Waals surface area contributed by atoms with Gasteiger partial charge in [0.2, 0.25) is 0 Å². The quantitative estimate of drug-likeness (QED) is 0.167. The number of fused-ring (bicyclic) bond motifs is 4. The Hall–Kier alpha value is -6.10. The SMILES string of the molecule is Cc1ccc(-c2c(-c3ccccc3)sc3c(C)c4sc(O)c(C(c5ccc(Cl)c(Cl)c5)c5c(O)sc6c(C)c7sc(-c8ccccc8)c(-c8ccc(C)cc8)c7cc6c5=O)c(=O)c4cc23)cc1. The molecule has 0 amide bonds. The molecular formula is C57H38Cl2O4S4. The Morgan fingerprint density at radius 3 is 1.24 bits per heavy atom. The summed E-state index contributed by atoms with van der Waals surface area (Å²) >= 11 is 18.8. The van der Waals surface area contributed by atoms with Gasteiger partial charge in [-0.1, -0.05) is 172 Å². The van der Waals surface area contributed by atoms with Crippen LogP contribution >= 0.6 is 68.5 Å². The van der Waals surface area contributed by atoms with E-state index in [9.17, 15) is 10.2 Å². The largest absolute Gasteiger partial charge is 0.499 e. The first-order chi connectivity index (χ1) is 32.4. The lowest BCUT2D eigenvalue weighted by Gasteiger charge is -2.21. The van der Waals surface area contributed by atoms with E-state index in [2.05, 4.69) is 86.6 Å². The zero-order valence-corrected chi connectivity index (χ0v) is 41.2. The molecule has 67 heavy (non-hydrogen) atoms. The molecule has 0 unspecified atom stereocenters. The molecular weight excluding hydrogens is 948 g/mol. The van der Waals surface area contributed by atoms with Crippen LogP contribution in [0.1, 0.15) is 44.9 Å². The third-order valence-corrected chi connectivity index (χ3v) is 18.5. The summed E-state index contributed by atoms with van der Waals surface area (Å²) in [5.74, 6) is -1.22. The van der Waals surface area contributed by atoms with Gasteiger partial charge in [0.1, 0.15) is 0 Å². The summed E-state index contributed by atoms with van der Waals surface area (Å²) < 4.78 is 3.31. The zero-order valence-electron chi connectivity index (χ0n) is 36.5. The van der Waals surface area contributed by atoms with Gasteiger partial charge in [-0.25, -0.2) is 0 Å². The number of rotatable bonds is 7. The van der Waals surface area contributed by atoms with E-state index in [1.54, 1.807) is 40.9 Å². The minimum absolute atomic E-state index is 0.0240. The monoisotopic (exact) mass is 984 g/mol. The Labute approximate surface area is 411 Å². The molecule has 328 valence electrons. The molecule has 11 rings (SSSR count). The highest BCUT2D eigenvalue weighted by molar-refractivity contribution is 7.25. The van der Waals surface area contributed by atoms with E-state index in [-0.39, 0.29) is 31.3 Å². The van der Waals surface area contributed by atoms with Crippen molar-refractivity contribution >= 4 is 109 Å². The Kier molecular flexibility index (Phi) is 11.0. The summed E-state index contributed by atoms with van der Waals surface area (Å²) in [5.41, 5.74) is 9.70. The molecule has 0 aliphatic rings. The van der Waals surface area contributed by atoms with Gasteiger partial charge >= 0.3 is 0 Å². The number of benzene rings is 7. The van der Waals surface area contributed by atoms with Gasteiger partial charge in [-0.3, -0.25) is 9.59 Å². The third kappa shape index (κ3) is 7.21. The highest BCUT2D eigenvalue weighted by Gasteiger charge is 2.33. The van der Waals surface area contributed by atoms with Crippen molar-refractivity contribution in [1.29, 1.82) is 0 Å². The molecule has 4 heterocycles. The normalized spacial score (nSPS) is 11.8. The van der Waals surface area contributed by atoms with E-state index in [4.69, 9.17) is 23.2 Å². The molecule has 0 aliphatic heterocycles. The van der Waals surface area contributed by atoms with Crippen LogP contribution in [0.3, 0.4) is 0 Å². The van der Waals surface area contributed by atoms with Crippen LogP contribution < -0.4 is 10.9 Å². The first-order valence-electron chi connectivity index (χ1n) is 21.6. The Bertz CT molecular complexity index is 3690. The van der Waals surface area contributed by atoms with Crippen LogP contribution in [0.25, 0.3) is 83.5 Å². The van der Waals surface area contributed by atoms with Crippen LogP contribution in [-0.4, -0.2) is 10.2 Å². The number of hydrogen-bond acceptors (Lipinski definition) is 8. The Balaban J connectivity index is 1.20. The average Bonchev–Trinajstić information content (AvgIpc) is 3.91. The lowest BCUT2D eigenvalue weighted by atomic mass is 9.85. The van der Waals surface area contributed by atoms with E-state index in [1.807, 2.05) is 62.4 Å². The Morgan fingerprint density at radius 2 is 0.836 bits per heavy atom. The fourth-order valence-electron chi connectivity index (χ4n) is 9.42. The minimum atomic E-state index is -1.22. The van der Waals surface area contributed by atoms with Gasteiger partial charge in [-0.05, 0) is 90.9 Å². The highest BCUT2D eigenvalue weighted by Crippen LogP contribution is 2.52. The number of halogens is 2. The standard InChI is InChI=1S/C57H38Cl2O4S4/c1-28-15-19-32(20-16-28)43-37-26-39-48(60)46(56(62)66-52(39)30(3)50(37)64-54(43)34-11-7-5-8-12-34)45(36-23-24-41(58)42(59)25-36)47-49(61)40-27-38-44(33-21-17-29(2)18-22-33)55(35-13-9-6-10-14-35)65-51(38)31(4)53(40)67-57(47)63/h5-27,45,62-63H,1-4H3. The van der Waals surface area contributed by atoms with Crippen molar-refractivity contribution in [2.24, 2.45) is 0 Å². The maximum absolute atomic E-state index is 15.5. The second-order valence-electron chi connectivity index (χ2n) is 17.0. The van der Waals surface area contributed by atoms with Crippen LogP contribution in [0.2, 0.25) is 10.0 Å². The fourth-order valence-corrected chi connectivity index (χ4v) is 14.5. The molecule has 4 aromatic heterocycles. The number of aromatic hydroxyl groups is 2. The molecule has 0 saturated heterocycles. The molecule has 0 saturated carbocycles. The lowest BCUT2D eigenvalue weighted by molar-refractivity contribution is 0.473. The molecule has 4 nitrogen and oxygen atoms in total. The number of thiophene rings is 2. The molecule has 10 heteroatoms. The molecule has 11 aromatic rings. The third-order valence-electron chi connectivity index (χ3n) is 12.8. The van der Waals surface area contributed by atoms with Crippen molar-refractivity contribution in [2.75, 3.05) is 0 Å². The van der Waals surface area contributed by atoms with Crippen LogP contribution in [-0.2, 0) is 0 Å². The number of hydrogen-bond donors (Lipinski definition) is 2. The van der Waals surface area contributed by atoms with E-state index in [0.717, 1.165) is 108 Å². The van der Waals surface area contributed by atoms with Crippen LogP contribution in [0.5, 0.6) is 10.1 Å². The maximum atomic E-state index is 15.5. The Morgan fingerprint density at radius 1 is 0.433 bits per heavy atom. The number of aryl methyl sites for hydroxylation is 4. The molecule has 0 radical (unpaired) electrons. The predicted octanol–water partition coefficient (Wildman–Crippen LogP) is 17.1. The van der Waals surface area contributed by atoms with Gasteiger partial charge in [0.05, 0.1) is 27.1 Å². The van der Waals surface area contributed by atoms with Gasteiger partial charge in [0, 0.05) is 61.2 Å². The molecule has 7 aromatic carbocycles. The predicted molar refractivity (Wildman–Crippen MR) is 288 cm³/mol. The average molecular weight is 986 g/mol.